The molecule has 82 valence electrons. The molecule has 0 aromatic carbocycles. The van der Waals surface area contributed by atoms with Gasteiger partial charge in [0.15, 0.2) is 0 Å². The minimum Gasteiger partial charge on any atom is -0.330 e. The lowest BCUT2D eigenvalue weighted by molar-refractivity contribution is 0.0846. The number of hydrogen-bond acceptors (Lipinski definition) is 3. The molecule has 3 heteroatoms. The fraction of sp³-hybridized carbons (Fsp3) is 1.00. The number of nitrogens with two attached hydrogens (primary N) is 1. The van der Waals surface area contributed by atoms with Crippen LogP contribution >= 0.6 is 0 Å². The highest BCUT2D eigenvalue weighted by Gasteiger charge is 2.30. The van der Waals surface area contributed by atoms with E-state index in [1.165, 1.54) is 45.4 Å². The molecule has 2 aliphatic heterocycles. The molecule has 2 fully saturated rings. The highest BCUT2D eigenvalue weighted by molar-refractivity contribution is 4.85. The summed E-state index contributed by atoms with van der Waals surface area (Å²) in [6, 6.07) is 0.797. The lowest BCUT2D eigenvalue weighted by atomic mass is 10.00. The summed E-state index contributed by atoms with van der Waals surface area (Å²) in [6.45, 7) is 6.07. The van der Waals surface area contributed by atoms with Gasteiger partial charge in [-0.05, 0) is 45.3 Å². The second-order valence-corrected chi connectivity index (χ2v) is 4.96. The standard InChI is InChI=1S/C11H23N3/c1-13-7-10(8-13)9-14-6-2-3-11(14)4-5-12/h10-11H,2-9,12H2,1H3. The third-order valence-corrected chi connectivity index (χ3v) is 3.63. The molecular formula is C11H23N3. The van der Waals surface area contributed by atoms with Crippen molar-refractivity contribution >= 4 is 0 Å². The average molecular weight is 197 g/mol. The van der Waals surface area contributed by atoms with Crippen molar-refractivity contribution < 1.29 is 0 Å². The molecule has 0 amide bonds. The normalized spacial score (nSPS) is 30.9. The Kier molecular flexibility index (Phi) is 3.42. The molecule has 0 aromatic rings. The van der Waals surface area contributed by atoms with Gasteiger partial charge < -0.3 is 10.6 Å². The van der Waals surface area contributed by atoms with E-state index < -0.39 is 0 Å². The molecule has 0 aliphatic carbocycles. The number of likely N-dealkylation sites (tertiary alicyclic amines) is 2. The maximum absolute atomic E-state index is 5.64. The third-order valence-electron chi connectivity index (χ3n) is 3.63. The summed E-state index contributed by atoms with van der Waals surface area (Å²) in [5.74, 6) is 0.929. The molecule has 0 aromatic heterocycles. The average Bonchev–Trinajstić information content (AvgIpc) is 2.51. The van der Waals surface area contributed by atoms with Gasteiger partial charge in [0.05, 0.1) is 0 Å². The second-order valence-electron chi connectivity index (χ2n) is 4.96. The Balaban J connectivity index is 1.73. The second kappa shape index (κ2) is 4.60. The number of rotatable bonds is 4. The highest BCUT2D eigenvalue weighted by Crippen LogP contribution is 2.23. The van der Waals surface area contributed by atoms with Gasteiger partial charge in [-0.1, -0.05) is 0 Å². The zero-order valence-corrected chi connectivity index (χ0v) is 9.28. The van der Waals surface area contributed by atoms with Gasteiger partial charge in [-0.2, -0.15) is 0 Å². The van der Waals surface area contributed by atoms with Gasteiger partial charge in [0.1, 0.15) is 0 Å². The van der Waals surface area contributed by atoms with E-state index in [2.05, 4.69) is 16.8 Å². The van der Waals surface area contributed by atoms with Gasteiger partial charge in [-0.25, -0.2) is 0 Å². The van der Waals surface area contributed by atoms with Crippen LogP contribution in [0.2, 0.25) is 0 Å². The summed E-state index contributed by atoms with van der Waals surface area (Å²) >= 11 is 0. The van der Waals surface area contributed by atoms with Crippen molar-refractivity contribution in [2.75, 3.05) is 39.8 Å². The molecule has 3 nitrogen and oxygen atoms in total. The largest absolute Gasteiger partial charge is 0.330 e. The number of nitrogens with zero attached hydrogens (tertiary/aromatic N) is 2. The van der Waals surface area contributed by atoms with E-state index in [0.29, 0.717) is 0 Å². The summed E-state index contributed by atoms with van der Waals surface area (Å²) in [7, 11) is 2.21. The number of hydrogen-bond donors (Lipinski definition) is 1. The fourth-order valence-corrected chi connectivity index (χ4v) is 2.93. The monoisotopic (exact) mass is 197 g/mol. The van der Waals surface area contributed by atoms with Crippen LogP contribution in [0.3, 0.4) is 0 Å². The van der Waals surface area contributed by atoms with Crippen molar-refractivity contribution in [1.29, 1.82) is 0 Å². The molecule has 14 heavy (non-hydrogen) atoms. The summed E-state index contributed by atoms with van der Waals surface area (Å²) in [6.07, 6.45) is 3.95. The van der Waals surface area contributed by atoms with Gasteiger partial charge in [-0.3, -0.25) is 4.90 Å². The molecule has 0 saturated carbocycles. The summed E-state index contributed by atoms with van der Waals surface area (Å²) in [4.78, 5) is 5.07. The van der Waals surface area contributed by atoms with Crippen molar-refractivity contribution in [3.63, 3.8) is 0 Å². The molecular weight excluding hydrogens is 174 g/mol. The first kappa shape index (κ1) is 10.4. The molecule has 1 atom stereocenters. The van der Waals surface area contributed by atoms with Gasteiger partial charge in [0.2, 0.25) is 0 Å². The summed E-state index contributed by atoms with van der Waals surface area (Å²) < 4.78 is 0. The lowest BCUT2D eigenvalue weighted by Gasteiger charge is -2.39. The van der Waals surface area contributed by atoms with E-state index in [-0.39, 0.29) is 0 Å². The van der Waals surface area contributed by atoms with Crippen molar-refractivity contribution in [2.45, 2.75) is 25.3 Å². The molecule has 2 aliphatic rings. The van der Waals surface area contributed by atoms with E-state index in [1.54, 1.807) is 0 Å². The predicted molar refractivity (Wildman–Crippen MR) is 59.3 cm³/mol. The van der Waals surface area contributed by atoms with Crippen LogP contribution in [0.4, 0.5) is 0 Å². The Morgan fingerprint density at radius 1 is 1.36 bits per heavy atom. The molecule has 2 saturated heterocycles. The summed E-state index contributed by atoms with van der Waals surface area (Å²) in [5.41, 5.74) is 5.64. The Morgan fingerprint density at radius 2 is 2.14 bits per heavy atom. The quantitative estimate of drug-likeness (QED) is 0.706. The minimum atomic E-state index is 0.797. The van der Waals surface area contributed by atoms with E-state index in [4.69, 9.17) is 5.73 Å². The van der Waals surface area contributed by atoms with Gasteiger partial charge >= 0.3 is 0 Å². The van der Waals surface area contributed by atoms with Crippen LogP contribution < -0.4 is 5.73 Å². The third kappa shape index (κ3) is 2.27. The van der Waals surface area contributed by atoms with Crippen molar-refractivity contribution in [3.05, 3.63) is 0 Å². The van der Waals surface area contributed by atoms with E-state index >= 15 is 0 Å². The van der Waals surface area contributed by atoms with Crippen LogP contribution in [-0.2, 0) is 0 Å². The molecule has 0 spiro atoms. The predicted octanol–water partition coefficient (Wildman–Crippen LogP) is 0.361. The zero-order valence-electron chi connectivity index (χ0n) is 9.28. The van der Waals surface area contributed by atoms with Crippen LogP contribution in [-0.4, -0.2) is 55.6 Å². The fourth-order valence-electron chi connectivity index (χ4n) is 2.93. The molecule has 2 N–H and O–H groups in total. The van der Waals surface area contributed by atoms with Gasteiger partial charge in [-0.15, -0.1) is 0 Å². The van der Waals surface area contributed by atoms with Crippen LogP contribution in [0.1, 0.15) is 19.3 Å². The first-order chi connectivity index (χ1) is 6.79. The van der Waals surface area contributed by atoms with Crippen LogP contribution in [0.5, 0.6) is 0 Å². The minimum absolute atomic E-state index is 0.797. The van der Waals surface area contributed by atoms with E-state index in [9.17, 15) is 0 Å². The lowest BCUT2D eigenvalue weighted by Crippen LogP contribution is -2.50. The Hall–Kier alpha value is -0.120. The van der Waals surface area contributed by atoms with Crippen LogP contribution in [0, 0.1) is 5.92 Å². The van der Waals surface area contributed by atoms with Crippen molar-refractivity contribution in [2.24, 2.45) is 11.7 Å². The van der Waals surface area contributed by atoms with Crippen LogP contribution in [0.15, 0.2) is 0 Å². The molecule has 0 bridgehead atoms. The first-order valence-corrected chi connectivity index (χ1v) is 5.92. The smallest absolute Gasteiger partial charge is 0.0108 e. The van der Waals surface area contributed by atoms with Gasteiger partial charge in [0.25, 0.3) is 0 Å². The highest BCUT2D eigenvalue weighted by atomic mass is 15.2. The maximum atomic E-state index is 5.64. The maximum Gasteiger partial charge on any atom is 0.0108 e. The molecule has 2 rings (SSSR count). The Labute approximate surface area is 87.2 Å². The Morgan fingerprint density at radius 3 is 2.79 bits per heavy atom. The topological polar surface area (TPSA) is 32.5 Å². The van der Waals surface area contributed by atoms with E-state index in [1.807, 2.05) is 0 Å². The van der Waals surface area contributed by atoms with E-state index in [0.717, 1.165) is 18.5 Å². The zero-order chi connectivity index (χ0) is 9.97. The SMILES string of the molecule is CN1CC(CN2CCCC2CCN)C1. The molecule has 2 heterocycles. The van der Waals surface area contributed by atoms with Gasteiger partial charge in [0, 0.05) is 25.7 Å². The van der Waals surface area contributed by atoms with Crippen molar-refractivity contribution in [3.8, 4) is 0 Å². The van der Waals surface area contributed by atoms with Crippen molar-refractivity contribution in [1.82, 2.24) is 9.80 Å². The molecule has 0 radical (unpaired) electrons. The molecule has 1 unspecified atom stereocenters. The Bertz CT molecular complexity index is 177. The summed E-state index contributed by atoms with van der Waals surface area (Å²) in [5, 5.41) is 0. The first-order valence-electron chi connectivity index (χ1n) is 5.92. The van der Waals surface area contributed by atoms with Crippen LogP contribution in [0.25, 0.3) is 0 Å².